The standard InChI is InChI=1S/C16H18FNO/c1-12-6-8-13(9-7-12)10-18(2)16-5-3-4-15(17)14(16)11-19/h3-9,19H,10-11H2,1-2H3. The molecule has 0 saturated heterocycles. The fourth-order valence-electron chi connectivity index (χ4n) is 2.11. The maximum atomic E-state index is 13.6. The molecule has 2 nitrogen and oxygen atoms in total. The number of anilines is 1. The van der Waals surface area contributed by atoms with Gasteiger partial charge in [-0.15, -0.1) is 0 Å². The van der Waals surface area contributed by atoms with Crippen LogP contribution in [0.25, 0.3) is 0 Å². The minimum atomic E-state index is -0.365. The van der Waals surface area contributed by atoms with Gasteiger partial charge in [0, 0.05) is 24.8 Å². The Morgan fingerprint density at radius 3 is 2.42 bits per heavy atom. The molecule has 0 atom stereocenters. The van der Waals surface area contributed by atoms with Crippen molar-refractivity contribution in [3.05, 3.63) is 65.0 Å². The third kappa shape index (κ3) is 3.12. The summed E-state index contributed by atoms with van der Waals surface area (Å²) >= 11 is 0. The van der Waals surface area contributed by atoms with Gasteiger partial charge >= 0.3 is 0 Å². The molecule has 0 aliphatic carbocycles. The Kier molecular flexibility index (Phi) is 4.17. The second kappa shape index (κ2) is 5.85. The van der Waals surface area contributed by atoms with Crippen LogP contribution in [0.2, 0.25) is 0 Å². The van der Waals surface area contributed by atoms with Crippen molar-refractivity contribution in [2.75, 3.05) is 11.9 Å². The molecular formula is C16H18FNO. The molecule has 1 N–H and O–H groups in total. The largest absolute Gasteiger partial charge is 0.391 e. The van der Waals surface area contributed by atoms with Crippen LogP contribution in [0.5, 0.6) is 0 Å². The van der Waals surface area contributed by atoms with Crippen LogP contribution in [0.1, 0.15) is 16.7 Å². The van der Waals surface area contributed by atoms with Crippen LogP contribution in [0, 0.1) is 12.7 Å². The fourth-order valence-corrected chi connectivity index (χ4v) is 2.11. The monoisotopic (exact) mass is 259 g/mol. The highest BCUT2D eigenvalue weighted by Crippen LogP contribution is 2.23. The fraction of sp³-hybridized carbons (Fsp3) is 0.250. The van der Waals surface area contributed by atoms with Gasteiger partial charge in [-0.2, -0.15) is 0 Å². The van der Waals surface area contributed by atoms with Gasteiger partial charge in [0.25, 0.3) is 0 Å². The maximum Gasteiger partial charge on any atom is 0.130 e. The van der Waals surface area contributed by atoms with Crippen LogP contribution in [-0.2, 0) is 13.2 Å². The van der Waals surface area contributed by atoms with Crippen molar-refractivity contribution in [2.45, 2.75) is 20.1 Å². The van der Waals surface area contributed by atoms with E-state index < -0.39 is 0 Å². The molecule has 0 aliphatic heterocycles. The van der Waals surface area contributed by atoms with E-state index in [1.165, 1.54) is 11.6 Å². The third-order valence-electron chi connectivity index (χ3n) is 3.20. The van der Waals surface area contributed by atoms with Gasteiger partial charge in [0.2, 0.25) is 0 Å². The van der Waals surface area contributed by atoms with Crippen LogP contribution in [0.15, 0.2) is 42.5 Å². The molecule has 0 aliphatic rings. The number of aliphatic hydroxyl groups is 1. The van der Waals surface area contributed by atoms with Crippen molar-refractivity contribution < 1.29 is 9.50 Å². The highest BCUT2D eigenvalue weighted by molar-refractivity contribution is 5.53. The number of halogens is 1. The van der Waals surface area contributed by atoms with Crippen molar-refractivity contribution in [1.82, 2.24) is 0 Å². The molecule has 0 fully saturated rings. The first kappa shape index (κ1) is 13.6. The third-order valence-corrected chi connectivity index (χ3v) is 3.20. The molecule has 0 amide bonds. The van der Waals surface area contributed by atoms with Gasteiger partial charge in [0.05, 0.1) is 6.61 Å². The van der Waals surface area contributed by atoms with Gasteiger partial charge in [-0.1, -0.05) is 35.9 Å². The minimum Gasteiger partial charge on any atom is -0.391 e. The lowest BCUT2D eigenvalue weighted by molar-refractivity contribution is 0.276. The topological polar surface area (TPSA) is 23.5 Å². The summed E-state index contributed by atoms with van der Waals surface area (Å²) in [5.74, 6) is -0.365. The molecule has 19 heavy (non-hydrogen) atoms. The Labute approximate surface area is 113 Å². The molecule has 3 heteroatoms. The van der Waals surface area contributed by atoms with Gasteiger partial charge in [-0.05, 0) is 24.6 Å². The van der Waals surface area contributed by atoms with E-state index in [-0.39, 0.29) is 12.4 Å². The van der Waals surface area contributed by atoms with Gasteiger partial charge in [-0.25, -0.2) is 4.39 Å². The first-order chi connectivity index (χ1) is 9.11. The highest BCUT2D eigenvalue weighted by Gasteiger charge is 2.11. The predicted molar refractivity (Wildman–Crippen MR) is 75.6 cm³/mol. The predicted octanol–water partition coefficient (Wildman–Crippen LogP) is 3.26. The summed E-state index contributed by atoms with van der Waals surface area (Å²) in [6.07, 6.45) is 0. The van der Waals surface area contributed by atoms with Crippen molar-refractivity contribution >= 4 is 5.69 Å². The summed E-state index contributed by atoms with van der Waals surface area (Å²) in [6.45, 7) is 2.43. The van der Waals surface area contributed by atoms with Crippen LogP contribution in [0.4, 0.5) is 10.1 Å². The molecule has 2 aromatic carbocycles. The molecule has 0 spiro atoms. The smallest absolute Gasteiger partial charge is 0.130 e. The average molecular weight is 259 g/mol. The van der Waals surface area contributed by atoms with Crippen LogP contribution < -0.4 is 4.90 Å². The lowest BCUT2D eigenvalue weighted by atomic mass is 10.1. The summed E-state index contributed by atoms with van der Waals surface area (Å²) in [4.78, 5) is 1.94. The SMILES string of the molecule is Cc1ccc(CN(C)c2cccc(F)c2CO)cc1. The van der Waals surface area contributed by atoms with E-state index in [2.05, 4.69) is 24.3 Å². The summed E-state index contributed by atoms with van der Waals surface area (Å²) in [5, 5.41) is 9.28. The second-order valence-corrected chi connectivity index (χ2v) is 4.74. The lowest BCUT2D eigenvalue weighted by Gasteiger charge is -2.22. The molecule has 0 radical (unpaired) electrons. The number of aryl methyl sites for hydroxylation is 1. The number of nitrogens with zero attached hydrogens (tertiary/aromatic N) is 1. The number of hydrogen-bond acceptors (Lipinski definition) is 2. The van der Waals surface area contributed by atoms with E-state index in [9.17, 15) is 9.50 Å². The minimum absolute atomic E-state index is 0.291. The zero-order valence-electron chi connectivity index (χ0n) is 11.2. The first-order valence-electron chi connectivity index (χ1n) is 6.26. The molecule has 2 aromatic rings. The van der Waals surface area contributed by atoms with Crippen molar-refractivity contribution in [1.29, 1.82) is 0 Å². The lowest BCUT2D eigenvalue weighted by Crippen LogP contribution is -2.18. The van der Waals surface area contributed by atoms with E-state index in [1.54, 1.807) is 6.07 Å². The molecule has 100 valence electrons. The van der Waals surface area contributed by atoms with E-state index in [1.807, 2.05) is 24.9 Å². The van der Waals surface area contributed by atoms with Gasteiger partial charge in [-0.3, -0.25) is 0 Å². The summed E-state index contributed by atoms with van der Waals surface area (Å²) in [7, 11) is 1.90. The molecule has 0 aromatic heterocycles. The molecule has 2 rings (SSSR count). The molecule has 0 heterocycles. The quantitative estimate of drug-likeness (QED) is 0.911. The van der Waals surface area contributed by atoms with Gasteiger partial charge in [0.1, 0.15) is 5.82 Å². The van der Waals surface area contributed by atoms with Crippen molar-refractivity contribution in [2.24, 2.45) is 0 Å². The number of rotatable bonds is 4. The number of hydrogen-bond donors (Lipinski definition) is 1. The van der Waals surface area contributed by atoms with Crippen LogP contribution >= 0.6 is 0 Å². The van der Waals surface area contributed by atoms with Crippen LogP contribution in [-0.4, -0.2) is 12.2 Å². The Hall–Kier alpha value is -1.87. The Balaban J connectivity index is 2.22. The number of aliphatic hydroxyl groups excluding tert-OH is 1. The van der Waals surface area contributed by atoms with Gasteiger partial charge < -0.3 is 10.0 Å². The Bertz CT molecular complexity index is 551. The zero-order valence-corrected chi connectivity index (χ0v) is 11.2. The van der Waals surface area contributed by atoms with E-state index in [0.717, 1.165) is 11.3 Å². The Morgan fingerprint density at radius 1 is 1.11 bits per heavy atom. The first-order valence-corrected chi connectivity index (χ1v) is 6.26. The molecule has 0 bridgehead atoms. The van der Waals surface area contributed by atoms with E-state index in [0.29, 0.717) is 12.1 Å². The summed E-state index contributed by atoms with van der Waals surface area (Å²) < 4.78 is 13.6. The maximum absolute atomic E-state index is 13.6. The van der Waals surface area contributed by atoms with Crippen LogP contribution in [0.3, 0.4) is 0 Å². The van der Waals surface area contributed by atoms with Crippen molar-refractivity contribution in [3.63, 3.8) is 0 Å². The molecular weight excluding hydrogens is 241 g/mol. The molecule has 0 unspecified atom stereocenters. The van der Waals surface area contributed by atoms with Crippen molar-refractivity contribution in [3.8, 4) is 0 Å². The van der Waals surface area contributed by atoms with E-state index in [4.69, 9.17) is 0 Å². The normalized spacial score (nSPS) is 10.5. The summed E-state index contributed by atoms with van der Waals surface area (Å²) in [5.41, 5.74) is 3.44. The number of benzene rings is 2. The second-order valence-electron chi connectivity index (χ2n) is 4.74. The average Bonchev–Trinajstić information content (AvgIpc) is 2.41. The van der Waals surface area contributed by atoms with E-state index >= 15 is 0 Å². The van der Waals surface area contributed by atoms with Gasteiger partial charge in [0.15, 0.2) is 0 Å². The zero-order chi connectivity index (χ0) is 13.8. The molecule has 0 saturated carbocycles. The Morgan fingerprint density at radius 2 is 1.79 bits per heavy atom. The highest BCUT2D eigenvalue weighted by atomic mass is 19.1. The summed E-state index contributed by atoms with van der Waals surface area (Å²) in [6, 6.07) is 13.1.